The molecule has 3 N–H and O–H groups in total. The van der Waals surface area contributed by atoms with E-state index in [0.29, 0.717) is 0 Å². The van der Waals surface area contributed by atoms with Crippen LogP contribution in [0, 0.1) is 0 Å². The van der Waals surface area contributed by atoms with Crippen molar-refractivity contribution in [2.24, 2.45) is 0 Å². The Labute approximate surface area is 139 Å². The van der Waals surface area contributed by atoms with E-state index in [1.807, 2.05) is 0 Å². The number of aromatic hydroxyl groups is 1. The van der Waals surface area contributed by atoms with Crippen LogP contribution in [0.2, 0.25) is 0 Å². The number of ether oxygens (including phenoxy) is 2. The molecular formula is C16H12O9. The molecule has 0 bridgehead atoms. The van der Waals surface area contributed by atoms with Gasteiger partial charge in [-0.1, -0.05) is 0 Å². The first-order chi connectivity index (χ1) is 11.8. The number of rotatable bonds is 2. The lowest BCUT2D eigenvalue weighted by atomic mass is 9.93. The van der Waals surface area contributed by atoms with E-state index in [2.05, 4.69) is 4.74 Å². The van der Waals surface area contributed by atoms with Crippen LogP contribution in [0.5, 0.6) is 11.7 Å². The highest BCUT2D eigenvalue weighted by Gasteiger charge is 2.37. The molecule has 2 atom stereocenters. The predicted molar refractivity (Wildman–Crippen MR) is 81.6 cm³/mol. The van der Waals surface area contributed by atoms with Crippen molar-refractivity contribution in [2.75, 3.05) is 7.11 Å². The van der Waals surface area contributed by atoms with Crippen molar-refractivity contribution >= 4 is 22.9 Å². The third kappa shape index (κ3) is 2.60. The number of fused-ring (bicyclic) bond motifs is 2. The summed E-state index contributed by atoms with van der Waals surface area (Å²) in [6.45, 7) is 0. The number of hydrogen-bond acceptors (Lipinski definition) is 8. The summed E-state index contributed by atoms with van der Waals surface area (Å²) in [6.07, 6.45) is 0.737. The van der Waals surface area contributed by atoms with Gasteiger partial charge in [-0.05, 0) is 18.2 Å². The molecule has 9 nitrogen and oxygen atoms in total. The number of carbonyl (C=O) groups is 2. The number of carbonyl (C=O) groups excluding carboxylic acids is 1. The van der Waals surface area contributed by atoms with Gasteiger partial charge in [0.05, 0.1) is 30.6 Å². The molecule has 0 spiro atoms. The van der Waals surface area contributed by atoms with Gasteiger partial charge in [0.2, 0.25) is 5.43 Å². The number of aromatic carboxylic acids is 1. The van der Waals surface area contributed by atoms with Crippen LogP contribution in [0.1, 0.15) is 21.8 Å². The van der Waals surface area contributed by atoms with Crippen molar-refractivity contribution in [2.45, 2.75) is 12.0 Å². The number of carboxylic acid groups (broad SMARTS) is 1. The van der Waals surface area contributed by atoms with Gasteiger partial charge < -0.3 is 29.2 Å². The molecule has 0 unspecified atom stereocenters. The second kappa shape index (κ2) is 5.95. The first-order valence-electron chi connectivity index (χ1n) is 7.01. The summed E-state index contributed by atoms with van der Waals surface area (Å²) >= 11 is 0. The summed E-state index contributed by atoms with van der Waals surface area (Å²) < 4.78 is 15.1. The fraction of sp³-hybridized carbons (Fsp3) is 0.188. The second-order valence-electron chi connectivity index (χ2n) is 5.24. The standard InChI is InChI=1S/C16H12O9/c1-23-15(22)11-7(17)2-3-24-16-12(11)13(19)10-8(18)4-6(14(20)21)5-9(10)25-16/h2-5,7,11,17-18H,1H3,(H,20,21)/t7-,11+/m0/s1. The van der Waals surface area contributed by atoms with Crippen LogP contribution in [0.3, 0.4) is 0 Å². The van der Waals surface area contributed by atoms with Gasteiger partial charge in [0, 0.05) is 0 Å². The summed E-state index contributed by atoms with van der Waals surface area (Å²) in [7, 11) is 1.09. The summed E-state index contributed by atoms with van der Waals surface area (Å²) in [4.78, 5) is 35.9. The van der Waals surface area contributed by atoms with E-state index in [0.717, 1.165) is 31.6 Å². The Bertz CT molecular complexity index is 970. The molecule has 0 saturated carbocycles. The first-order valence-corrected chi connectivity index (χ1v) is 7.01. The van der Waals surface area contributed by atoms with E-state index in [1.165, 1.54) is 0 Å². The van der Waals surface area contributed by atoms with Gasteiger partial charge in [0.15, 0.2) is 0 Å². The summed E-state index contributed by atoms with van der Waals surface area (Å²) in [5, 5.41) is 28.8. The molecule has 1 aromatic heterocycles. The number of carboxylic acids is 1. The molecule has 9 heteroatoms. The minimum Gasteiger partial charge on any atom is -0.507 e. The van der Waals surface area contributed by atoms with Gasteiger partial charge in [0.25, 0.3) is 5.95 Å². The van der Waals surface area contributed by atoms with Crippen LogP contribution in [-0.2, 0) is 9.53 Å². The predicted octanol–water partition coefficient (Wildman–Crippen LogP) is 0.720. The Morgan fingerprint density at radius 3 is 2.64 bits per heavy atom. The molecule has 2 heterocycles. The van der Waals surface area contributed by atoms with Gasteiger partial charge in [-0.2, -0.15) is 0 Å². The smallest absolute Gasteiger partial charge is 0.335 e. The highest BCUT2D eigenvalue weighted by molar-refractivity contribution is 5.96. The number of phenolic OH excluding ortho intramolecular Hbond substituents is 1. The zero-order valence-electron chi connectivity index (χ0n) is 12.8. The lowest BCUT2D eigenvalue weighted by Gasteiger charge is -2.17. The quantitative estimate of drug-likeness (QED) is 0.669. The third-order valence-corrected chi connectivity index (χ3v) is 3.78. The molecule has 0 aliphatic carbocycles. The van der Waals surface area contributed by atoms with Gasteiger partial charge in [-0.15, -0.1) is 0 Å². The topological polar surface area (TPSA) is 144 Å². The van der Waals surface area contributed by atoms with Crippen LogP contribution in [0.25, 0.3) is 11.0 Å². The number of phenols is 1. The molecule has 0 fully saturated rings. The van der Waals surface area contributed by atoms with Gasteiger partial charge in [-0.25, -0.2) is 4.79 Å². The van der Waals surface area contributed by atoms with Crippen LogP contribution in [0.4, 0.5) is 0 Å². The number of aliphatic hydroxyl groups excluding tert-OH is 1. The van der Waals surface area contributed by atoms with Crippen LogP contribution in [0.15, 0.2) is 33.7 Å². The molecular weight excluding hydrogens is 336 g/mol. The first kappa shape index (κ1) is 16.5. The number of methoxy groups -OCH3 is 1. The average Bonchev–Trinajstić information content (AvgIpc) is 2.72. The Balaban J connectivity index is 2.38. The largest absolute Gasteiger partial charge is 0.507 e. The van der Waals surface area contributed by atoms with Crippen molar-refractivity contribution < 1.29 is 38.8 Å². The minimum absolute atomic E-state index is 0.241. The molecule has 1 aromatic carbocycles. The van der Waals surface area contributed by atoms with Gasteiger partial charge >= 0.3 is 11.9 Å². The average molecular weight is 348 g/mol. The maximum Gasteiger partial charge on any atom is 0.335 e. The number of benzene rings is 1. The molecule has 0 amide bonds. The molecule has 1 aliphatic rings. The van der Waals surface area contributed by atoms with E-state index in [1.54, 1.807) is 0 Å². The molecule has 3 rings (SSSR count). The van der Waals surface area contributed by atoms with E-state index < -0.39 is 41.1 Å². The van der Waals surface area contributed by atoms with Crippen molar-refractivity contribution in [3.63, 3.8) is 0 Å². The lowest BCUT2D eigenvalue weighted by Crippen LogP contribution is -2.30. The number of hydrogen-bond donors (Lipinski definition) is 3. The molecule has 2 aromatic rings. The van der Waals surface area contributed by atoms with Crippen molar-refractivity contribution in [3.8, 4) is 11.7 Å². The minimum atomic E-state index is -1.43. The van der Waals surface area contributed by atoms with Crippen LogP contribution in [-0.4, -0.2) is 40.5 Å². The van der Waals surface area contributed by atoms with E-state index >= 15 is 0 Å². The molecule has 0 saturated heterocycles. The Kier molecular flexibility index (Phi) is 3.93. The number of esters is 1. The Morgan fingerprint density at radius 1 is 1.28 bits per heavy atom. The maximum absolute atomic E-state index is 12.8. The molecule has 1 aliphatic heterocycles. The van der Waals surface area contributed by atoms with E-state index in [4.69, 9.17) is 14.3 Å². The summed E-state index contributed by atoms with van der Waals surface area (Å²) in [6, 6.07) is 1.92. The van der Waals surface area contributed by atoms with Crippen molar-refractivity contribution in [1.29, 1.82) is 0 Å². The van der Waals surface area contributed by atoms with Crippen molar-refractivity contribution in [1.82, 2.24) is 0 Å². The van der Waals surface area contributed by atoms with Gasteiger partial charge in [0.1, 0.15) is 22.6 Å². The molecule has 25 heavy (non-hydrogen) atoms. The van der Waals surface area contributed by atoms with Gasteiger partial charge in [-0.3, -0.25) is 9.59 Å². The Hall–Kier alpha value is -3.33. The lowest BCUT2D eigenvalue weighted by molar-refractivity contribution is -0.144. The zero-order chi connectivity index (χ0) is 18.3. The highest BCUT2D eigenvalue weighted by atomic mass is 16.6. The molecule has 130 valence electrons. The van der Waals surface area contributed by atoms with Crippen LogP contribution >= 0.6 is 0 Å². The molecule has 0 radical (unpaired) electrons. The zero-order valence-corrected chi connectivity index (χ0v) is 12.8. The fourth-order valence-corrected chi connectivity index (χ4v) is 2.62. The fourth-order valence-electron chi connectivity index (χ4n) is 2.62. The Morgan fingerprint density at radius 2 is 2.00 bits per heavy atom. The summed E-state index contributed by atoms with van der Waals surface area (Å²) in [5.74, 6) is -4.71. The second-order valence-corrected chi connectivity index (χ2v) is 5.24. The normalized spacial score (nSPS) is 19.0. The summed E-state index contributed by atoms with van der Waals surface area (Å²) in [5.41, 5.74) is -1.73. The maximum atomic E-state index is 12.8. The number of aliphatic hydroxyl groups is 1. The van der Waals surface area contributed by atoms with Crippen molar-refractivity contribution in [3.05, 3.63) is 45.8 Å². The SMILES string of the molecule is COC(=O)[C@H]1c2c(oc3cc(C(=O)O)cc(O)c3c2=O)OC=C[C@@H]1O. The van der Waals surface area contributed by atoms with E-state index in [9.17, 15) is 24.6 Å². The highest BCUT2D eigenvalue weighted by Crippen LogP contribution is 2.35. The third-order valence-electron chi connectivity index (χ3n) is 3.78. The van der Waals surface area contributed by atoms with E-state index in [-0.39, 0.29) is 22.1 Å². The van der Waals surface area contributed by atoms with Crippen LogP contribution < -0.4 is 10.2 Å². The monoisotopic (exact) mass is 348 g/mol.